The number of aryl methyl sites for hydroxylation is 1. The Bertz CT molecular complexity index is 583. The van der Waals surface area contributed by atoms with Crippen molar-refractivity contribution in [3.8, 4) is 17.6 Å². The van der Waals surface area contributed by atoms with E-state index in [2.05, 4.69) is 16.9 Å². The average molecular weight is 275 g/mol. The molecule has 0 spiro atoms. The zero-order chi connectivity index (χ0) is 14.1. The maximum absolute atomic E-state index is 10.3. The summed E-state index contributed by atoms with van der Waals surface area (Å²) in [5.74, 6) is 1.85. The van der Waals surface area contributed by atoms with Gasteiger partial charge in [0.25, 0.3) is 0 Å². The van der Waals surface area contributed by atoms with E-state index in [0.29, 0.717) is 5.82 Å². The number of nitrogens with one attached hydrogen (secondary N) is 1. The number of H-pyrrole nitrogens is 1. The lowest BCUT2D eigenvalue weighted by atomic mass is 9.95. The molecule has 3 rings (SSSR count). The number of rotatable bonds is 4. The minimum Gasteiger partial charge on any atom is -0.494 e. The van der Waals surface area contributed by atoms with E-state index in [1.54, 1.807) is 6.20 Å². The standard InChI is InChI=1S/C15H21N3O2/c1-2-3-8-12-16-9-13(17-12)18-14(19)10-6-4-5-7-11(10)15(18)20/h9,19-20H,2-8H2,1H3,(H,16,17). The SMILES string of the molecule is CCCCc1ncc(-n2c(O)c3c(c2O)CCCC3)[nH]1. The molecule has 2 aromatic heterocycles. The summed E-state index contributed by atoms with van der Waals surface area (Å²) in [5, 5.41) is 20.7. The smallest absolute Gasteiger partial charge is 0.203 e. The Kier molecular flexibility index (Phi) is 3.42. The minimum absolute atomic E-state index is 0.155. The summed E-state index contributed by atoms with van der Waals surface area (Å²) in [5.41, 5.74) is 1.77. The van der Waals surface area contributed by atoms with Crippen LogP contribution in [0.4, 0.5) is 0 Å². The molecule has 0 amide bonds. The van der Waals surface area contributed by atoms with Gasteiger partial charge in [-0.3, -0.25) is 0 Å². The molecule has 0 radical (unpaired) electrons. The molecule has 3 N–H and O–H groups in total. The molecule has 0 bridgehead atoms. The van der Waals surface area contributed by atoms with Gasteiger partial charge in [-0.25, -0.2) is 9.55 Å². The van der Waals surface area contributed by atoms with Gasteiger partial charge in [0, 0.05) is 17.5 Å². The first-order valence-electron chi connectivity index (χ1n) is 7.41. The van der Waals surface area contributed by atoms with Crippen LogP contribution < -0.4 is 0 Å². The van der Waals surface area contributed by atoms with Crippen LogP contribution in [0.2, 0.25) is 0 Å². The number of hydrogen-bond acceptors (Lipinski definition) is 3. The second kappa shape index (κ2) is 5.23. The van der Waals surface area contributed by atoms with Crippen molar-refractivity contribution in [3.63, 3.8) is 0 Å². The fourth-order valence-electron chi connectivity index (χ4n) is 2.93. The number of aromatic amines is 1. The molecule has 2 heterocycles. The Hall–Kier alpha value is -1.91. The van der Waals surface area contributed by atoms with Crippen LogP contribution in [0.1, 0.15) is 49.6 Å². The van der Waals surface area contributed by atoms with Gasteiger partial charge in [-0.05, 0) is 32.1 Å². The van der Waals surface area contributed by atoms with Crippen molar-refractivity contribution >= 4 is 0 Å². The van der Waals surface area contributed by atoms with Crippen LogP contribution in [0, 0.1) is 0 Å². The van der Waals surface area contributed by atoms with Crippen LogP contribution in [-0.2, 0) is 19.3 Å². The topological polar surface area (TPSA) is 74.1 Å². The quantitative estimate of drug-likeness (QED) is 0.803. The third-order valence-corrected chi connectivity index (χ3v) is 4.05. The summed E-state index contributed by atoms with van der Waals surface area (Å²) in [6.07, 6.45) is 8.55. The summed E-state index contributed by atoms with van der Waals surface area (Å²) in [7, 11) is 0. The van der Waals surface area contributed by atoms with Gasteiger partial charge < -0.3 is 15.2 Å². The number of fused-ring (bicyclic) bond motifs is 1. The van der Waals surface area contributed by atoms with Gasteiger partial charge in [0.1, 0.15) is 11.6 Å². The highest BCUT2D eigenvalue weighted by atomic mass is 16.3. The highest BCUT2D eigenvalue weighted by molar-refractivity contribution is 5.51. The van der Waals surface area contributed by atoms with Gasteiger partial charge in [-0.1, -0.05) is 13.3 Å². The zero-order valence-electron chi connectivity index (χ0n) is 11.8. The third kappa shape index (κ3) is 2.07. The Morgan fingerprint density at radius 2 is 1.85 bits per heavy atom. The molecule has 1 aliphatic carbocycles. The molecule has 0 unspecified atom stereocenters. The summed E-state index contributed by atoms with van der Waals surface area (Å²) in [6, 6.07) is 0. The second-order valence-corrected chi connectivity index (χ2v) is 5.47. The van der Waals surface area contributed by atoms with Crippen molar-refractivity contribution < 1.29 is 10.2 Å². The molecule has 0 atom stereocenters. The normalized spacial score (nSPS) is 14.4. The van der Waals surface area contributed by atoms with Crippen molar-refractivity contribution in [2.24, 2.45) is 0 Å². The average Bonchev–Trinajstić information content (AvgIpc) is 3.02. The molecular formula is C15H21N3O2. The minimum atomic E-state index is 0.155. The van der Waals surface area contributed by atoms with E-state index >= 15 is 0 Å². The van der Waals surface area contributed by atoms with E-state index < -0.39 is 0 Å². The molecule has 2 aromatic rings. The highest BCUT2D eigenvalue weighted by Crippen LogP contribution is 2.40. The number of imidazole rings is 1. The Balaban J connectivity index is 1.97. The van der Waals surface area contributed by atoms with Gasteiger partial charge >= 0.3 is 0 Å². The van der Waals surface area contributed by atoms with Crippen molar-refractivity contribution in [1.29, 1.82) is 0 Å². The molecule has 1 aliphatic rings. The third-order valence-electron chi connectivity index (χ3n) is 4.05. The van der Waals surface area contributed by atoms with Crippen molar-refractivity contribution in [2.45, 2.75) is 51.9 Å². The van der Waals surface area contributed by atoms with Crippen molar-refractivity contribution in [1.82, 2.24) is 14.5 Å². The van der Waals surface area contributed by atoms with E-state index in [4.69, 9.17) is 0 Å². The summed E-state index contributed by atoms with van der Waals surface area (Å²) in [6.45, 7) is 2.14. The molecule has 0 aliphatic heterocycles. The first-order valence-corrected chi connectivity index (χ1v) is 7.41. The van der Waals surface area contributed by atoms with Crippen LogP contribution in [0.5, 0.6) is 11.8 Å². The van der Waals surface area contributed by atoms with Crippen molar-refractivity contribution in [3.05, 3.63) is 23.1 Å². The summed E-state index contributed by atoms with van der Waals surface area (Å²) < 4.78 is 1.48. The van der Waals surface area contributed by atoms with Crippen LogP contribution in [0.3, 0.4) is 0 Å². The Morgan fingerprint density at radius 1 is 1.20 bits per heavy atom. The largest absolute Gasteiger partial charge is 0.494 e. The predicted octanol–water partition coefficient (Wildman–Crippen LogP) is 2.83. The van der Waals surface area contributed by atoms with Gasteiger partial charge in [0.15, 0.2) is 0 Å². The lowest BCUT2D eigenvalue weighted by Crippen LogP contribution is -1.98. The molecule has 0 fully saturated rings. The molecule has 0 saturated carbocycles. The fraction of sp³-hybridized carbons (Fsp3) is 0.533. The molecule has 108 valence electrons. The second-order valence-electron chi connectivity index (χ2n) is 5.47. The first kappa shape index (κ1) is 13.1. The molecule has 20 heavy (non-hydrogen) atoms. The van der Waals surface area contributed by atoms with E-state index in [-0.39, 0.29) is 11.8 Å². The van der Waals surface area contributed by atoms with E-state index in [0.717, 1.165) is 61.9 Å². The lowest BCUT2D eigenvalue weighted by Gasteiger charge is -2.09. The van der Waals surface area contributed by atoms with Crippen LogP contribution in [0.15, 0.2) is 6.20 Å². The number of aromatic hydroxyl groups is 2. The van der Waals surface area contributed by atoms with Crippen molar-refractivity contribution in [2.75, 3.05) is 0 Å². The van der Waals surface area contributed by atoms with Gasteiger partial charge in [-0.15, -0.1) is 0 Å². The molecule has 0 aromatic carbocycles. The van der Waals surface area contributed by atoms with Gasteiger partial charge in [0.2, 0.25) is 11.8 Å². The summed E-state index contributed by atoms with van der Waals surface area (Å²) in [4.78, 5) is 7.51. The number of nitrogens with zero attached hydrogens (tertiary/aromatic N) is 2. The zero-order valence-corrected chi connectivity index (χ0v) is 11.8. The Labute approximate surface area is 118 Å². The monoisotopic (exact) mass is 275 g/mol. The number of hydrogen-bond donors (Lipinski definition) is 3. The highest BCUT2D eigenvalue weighted by Gasteiger charge is 2.25. The molecule has 5 nitrogen and oxygen atoms in total. The first-order chi connectivity index (χ1) is 9.72. The maximum Gasteiger partial charge on any atom is 0.203 e. The van der Waals surface area contributed by atoms with Crippen LogP contribution in [-0.4, -0.2) is 24.7 Å². The fourth-order valence-corrected chi connectivity index (χ4v) is 2.93. The van der Waals surface area contributed by atoms with E-state index in [1.165, 1.54) is 4.57 Å². The number of unbranched alkanes of at least 4 members (excludes halogenated alkanes) is 1. The van der Waals surface area contributed by atoms with Crippen LogP contribution >= 0.6 is 0 Å². The molecular weight excluding hydrogens is 254 g/mol. The van der Waals surface area contributed by atoms with E-state index in [1.807, 2.05) is 0 Å². The predicted molar refractivity (Wildman–Crippen MR) is 76.5 cm³/mol. The summed E-state index contributed by atoms with van der Waals surface area (Å²) >= 11 is 0. The lowest BCUT2D eigenvalue weighted by molar-refractivity contribution is 0.398. The van der Waals surface area contributed by atoms with Crippen LogP contribution in [0.25, 0.3) is 5.82 Å². The van der Waals surface area contributed by atoms with E-state index in [9.17, 15) is 10.2 Å². The number of aromatic nitrogens is 3. The van der Waals surface area contributed by atoms with Gasteiger partial charge in [0.05, 0.1) is 6.20 Å². The Morgan fingerprint density at radius 3 is 2.45 bits per heavy atom. The molecule has 0 saturated heterocycles. The molecule has 5 heteroatoms. The van der Waals surface area contributed by atoms with Gasteiger partial charge in [-0.2, -0.15) is 0 Å². The maximum atomic E-state index is 10.3.